The van der Waals surface area contributed by atoms with Crippen LogP contribution >= 0.6 is 0 Å². The van der Waals surface area contributed by atoms with Gasteiger partial charge in [-0.1, -0.05) is 6.07 Å². The zero-order valence-corrected chi connectivity index (χ0v) is 25.9. The number of hydrogen-bond donors (Lipinski definition) is 3. The predicted molar refractivity (Wildman–Crippen MR) is 168 cm³/mol. The number of H-pyrrole nitrogens is 1. The maximum Gasteiger partial charge on any atom is 0.253 e. The van der Waals surface area contributed by atoms with Crippen molar-refractivity contribution in [3.63, 3.8) is 0 Å². The lowest BCUT2D eigenvalue weighted by Gasteiger charge is -2.37. The molecule has 1 aliphatic carbocycles. The van der Waals surface area contributed by atoms with Crippen LogP contribution in [0.1, 0.15) is 71.0 Å². The average Bonchev–Trinajstić information content (AvgIpc) is 2.92. The van der Waals surface area contributed by atoms with Gasteiger partial charge in [-0.25, -0.2) is 0 Å². The lowest BCUT2D eigenvalue weighted by Crippen LogP contribution is -2.42. The number of aryl methyl sites for hydroxylation is 2. The summed E-state index contributed by atoms with van der Waals surface area (Å²) in [6.07, 6.45) is 5.60. The molecule has 42 heavy (non-hydrogen) atoms. The summed E-state index contributed by atoms with van der Waals surface area (Å²) in [6.45, 7) is 8.17. The Kier molecular flexibility index (Phi) is 9.83. The summed E-state index contributed by atoms with van der Waals surface area (Å²) in [7, 11) is 6.11. The number of aromatic amines is 1. The molecule has 9 nitrogen and oxygen atoms in total. The second-order valence-corrected chi connectivity index (χ2v) is 11.9. The quantitative estimate of drug-likeness (QED) is 0.354. The van der Waals surface area contributed by atoms with Gasteiger partial charge in [0.25, 0.3) is 11.5 Å². The second kappa shape index (κ2) is 13.3. The minimum absolute atomic E-state index is 0.0130. The summed E-state index contributed by atoms with van der Waals surface area (Å²) in [5.74, 6) is -0.214. The highest BCUT2D eigenvalue weighted by Gasteiger charge is 2.27. The molecular formula is C33H44N6O3. The smallest absolute Gasteiger partial charge is 0.253 e. The molecule has 0 radical (unpaired) electrons. The highest BCUT2D eigenvalue weighted by molar-refractivity contribution is 5.99. The normalized spacial score (nSPS) is 16.8. The third kappa shape index (κ3) is 7.45. The Labute approximate surface area is 248 Å². The Morgan fingerprint density at radius 1 is 1.00 bits per heavy atom. The first-order valence-electron chi connectivity index (χ1n) is 14.6. The molecule has 0 aliphatic heterocycles. The van der Waals surface area contributed by atoms with Crippen molar-refractivity contribution in [3.05, 3.63) is 80.5 Å². The number of hydrogen-bond acceptors (Lipinski definition) is 6. The molecule has 0 spiro atoms. The van der Waals surface area contributed by atoms with Crippen molar-refractivity contribution in [1.82, 2.24) is 25.5 Å². The van der Waals surface area contributed by atoms with Crippen LogP contribution in [-0.4, -0.2) is 59.9 Å². The predicted octanol–water partition coefficient (Wildman–Crippen LogP) is 4.24. The molecule has 0 saturated heterocycles. The first kappa shape index (κ1) is 31.0. The molecule has 2 amide bonds. The number of nitrogens with zero attached hydrogens (tertiary/aromatic N) is 3. The van der Waals surface area contributed by atoms with Gasteiger partial charge in [0, 0.05) is 73.4 Å². The van der Waals surface area contributed by atoms with Gasteiger partial charge in [0.2, 0.25) is 5.91 Å². The molecular weight excluding hydrogens is 528 g/mol. The van der Waals surface area contributed by atoms with Crippen molar-refractivity contribution >= 4 is 17.5 Å². The molecule has 0 bridgehead atoms. The van der Waals surface area contributed by atoms with Crippen LogP contribution in [0.4, 0.5) is 5.69 Å². The molecule has 1 aliphatic rings. The van der Waals surface area contributed by atoms with Crippen molar-refractivity contribution in [2.75, 3.05) is 26.0 Å². The van der Waals surface area contributed by atoms with E-state index in [-0.39, 0.29) is 36.0 Å². The largest absolute Gasteiger partial charge is 0.371 e. The van der Waals surface area contributed by atoms with Crippen molar-refractivity contribution in [1.29, 1.82) is 0 Å². The van der Waals surface area contributed by atoms with Gasteiger partial charge in [0.1, 0.15) is 0 Å². The van der Waals surface area contributed by atoms with E-state index in [1.54, 1.807) is 6.92 Å². The molecule has 0 atom stereocenters. The van der Waals surface area contributed by atoms with Crippen LogP contribution in [0.5, 0.6) is 0 Å². The van der Waals surface area contributed by atoms with Crippen LogP contribution in [-0.2, 0) is 17.9 Å². The zero-order valence-electron chi connectivity index (χ0n) is 25.9. The standard InChI is InChI=1S/C33H44N6O3/c1-20-14-21(2)36-33(42)30(20)18-35-32(41)29-15-25(24-8-9-27(34-17-24)19-38(5)6)16-31(22(29)3)39(7)28-12-10-26(11-13-28)37-23(4)40/h8-9,14-17,26,28H,10-13,18-19H2,1-7H3,(H,35,41)(H,36,42)(H,37,40)/t26-,28-. The topological polar surface area (TPSA) is 110 Å². The maximum atomic E-state index is 13.7. The number of nitrogens with one attached hydrogen (secondary N) is 3. The van der Waals surface area contributed by atoms with E-state index in [1.165, 1.54) is 0 Å². The average molecular weight is 573 g/mol. The molecule has 9 heteroatoms. The molecule has 4 rings (SSSR count). The van der Waals surface area contributed by atoms with E-state index in [9.17, 15) is 14.4 Å². The molecule has 1 aromatic carbocycles. The number of carbonyl (C=O) groups excluding carboxylic acids is 2. The van der Waals surface area contributed by atoms with Gasteiger partial charge in [-0.2, -0.15) is 0 Å². The first-order chi connectivity index (χ1) is 19.9. The van der Waals surface area contributed by atoms with Crippen LogP contribution < -0.4 is 21.1 Å². The van der Waals surface area contributed by atoms with Gasteiger partial charge in [-0.05, 0) is 102 Å². The van der Waals surface area contributed by atoms with E-state index < -0.39 is 0 Å². The van der Waals surface area contributed by atoms with E-state index in [1.807, 2.05) is 59.3 Å². The van der Waals surface area contributed by atoms with Crippen LogP contribution in [0.3, 0.4) is 0 Å². The number of amides is 2. The fourth-order valence-corrected chi connectivity index (χ4v) is 5.94. The third-order valence-corrected chi connectivity index (χ3v) is 8.21. The van der Waals surface area contributed by atoms with Crippen molar-refractivity contribution in [2.45, 2.75) is 78.6 Å². The summed E-state index contributed by atoms with van der Waals surface area (Å²) in [5.41, 5.74) is 7.27. The van der Waals surface area contributed by atoms with Gasteiger partial charge in [0.05, 0.1) is 5.69 Å². The van der Waals surface area contributed by atoms with Gasteiger partial charge in [-0.15, -0.1) is 0 Å². The lowest BCUT2D eigenvalue weighted by molar-refractivity contribution is -0.119. The Bertz CT molecular complexity index is 1490. The van der Waals surface area contributed by atoms with E-state index in [0.717, 1.165) is 71.6 Å². The summed E-state index contributed by atoms with van der Waals surface area (Å²) < 4.78 is 0. The third-order valence-electron chi connectivity index (χ3n) is 8.21. The highest BCUT2D eigenvalue weighted by atomic mass is 16.2. The summed E-state index contributed by atoms with van der Waals surface area (Å²) in [4.78, 5) is 49.6. The molecule has 1 fully saturated rings. The van der Waals surface area contributed by atoms with Crippen LogP contribution in [0.15, 0.2) is 41.3 Å². The number of benzene rings is 1. The Hall–Kier alpha value is -3.98. The van der Waals surface area contributed by atoms with Gasteiger partial charge >= 0.3 is 0 Å². The minimum atomic E-state index is -0.227. The monoisotopic (exact) mass is 572 g/mol. The molecule has 0 unspecified atom stereocenters. The second-order valence-electron chi connectivity index (χ2n) is 11.9. The number of aromatic nitrogens is 2. The van der Waals surface area contributed by atoms with E-state index in [2.05, 4.69) is 49.6 Å². The molecule has 224 valence electrons. The number of carbonyl (C=O) groups is 2. The molecule has 3 aromatic rings. The minimum Gasteiger partial charge on any atom is -0.371 e. The van der Waals surface area contributed by atoms with Gasteiger partial charge in [0.15, 0.2) is 0 Å². The fourth-order valence-electron chi connectivity index (χ4n) is 5.94. The molecule has 2 heterocycles. The van der Waals surface area contributed by atoms with E-state index in [0.29, 0.717) is 11.1 Å². The van der Waals surface area contributed by atoms with Crippen molar-refractivity contribution in [3.8, 4) is 11.1 Å². The van der Waals surface area contributed by atoms with Gasteiger partial charge in [-0.3, -0.25) is 19.4 Å². The number of rotatable bonds is 9. The maximum absolute atomic E-state index is 13.7. The summed E-state index contributed by atoms with van der Waals surface area (Å²) in [5, 5.41) is 6.05. The first-order valence-corrected chi connectivity index (χ1v) is 14.6. The van der Waals surface area contributed by atoms with Gasteiger partial charge < -0.3 is 25.4 Å². The van der Waals surface area contributed by atoms with E-state index in [4.69, 9.17) is 0 Å². The molecule has 1 saturated carbocycles. The Balaban J connectivity index is 1.66. The van der Waals surface area contributed by atoms with Crippen molar-refractivity contribution < 1.29 is 9.59 Å². The molecule has 2 aromatic heterocycles. The van der Waals surface area contributed by atoms with E-state index >= 15 is 0 Å². The van der Waals surface area contributed by atoms with Crippen LogP contribution in [0.25, 0.3) is 11.1 Å². The Morgan fingerprint density at radius 3 is 2.31 bits per heavy atom. The SMILES string of the molecule is CC(=O)N[C@H]1CC[C@H](N(C)c2cc(-c3ccc(CN(C)C)nc3)cc(C(=O)NCc3c(C)cc(C)[nH]c3=O)c2C)CC1. The highest BCUT2D eigenvalue weighted by Crippen LogP contribution is 2.34. The summed E-state index contributed by atoms with van der Waals surface area (Å²) in [6, 6.07) is 10.5. The number of pyridine rings is 2. The summed E-state index contributed by atoms with van der Waals surface area (Å²) >= 11 is 0. The zero-order chi connectivity index (χ0) is 30.6. The van der Waals surface area contributed by atoms with Crippen LogP contribution in [0, 0.1) is 20.8 Å². The van der Waals surface area contributed by atoms with Crippen LogP contribution in [0.2, 0.25) is 0 Å². The van der Waals surface area contributed by atoms with Crippen molar-refractivity contribution in [2.24, 2.45) is 0 Å². The lowest BCUT2D eigenvalue weighted by atomic mass is 9.89. The number of anilines is 1. The fraction of sp³-hybridized carbons (Fsp3) is 0.455. The Morgan fingerprint density at radius 2 is 1.71 bits per heavy atom. The molecule has 3 N–H and O–H groups in total.